The highest BCUT2D eigenvalue weighted by atomic mass is 16.6. The Balaban J connectivity index is 0.000000194. The van der Waals surface area contributed by atoms with Crippen molar-refractivity contribution in [3.8, 4) is 0 Å². The van der Waals surface area contributed by atoms with Crippen molar-refractivity contribution in [3.05, 3.63) is 11.6 Å². The molecular weight excluding hydrogens is 348 g/mol. The van der Waals surface area contributed by atoms with Gasteiger partial charge in [-0.05, 0) is 55.4 Å². The SMILES string of the molecule is CC(C)(C)OC(=O)N1CC2OC2(C)C1.CC1=CCN(C(=O)OC(C)(C)C)C1. The molecule has 3 aliphatic rings. The van der Waals surface area contributed by atoms with Crippen LogP contribution in [0, 0.1) is 0 Å². The highest BCUT2D eigenvalue weighted by Gasteiger charge is 2.60. The van der Waals surface area contributed by atoms with Crippen molar-refractivity contribution in [2.45, 2.75) is 78.3 Å². The summed E-state index contributed by atoms with van der Waals surface area (Å²) < 4.78 is 15.9. The number of hydrogen-bond donors (Lipinski definition) is 0. The van der Waals surface area contributed by atoms with E-state index in [1.165, 1.54) is 5.57 Å². The molecule has 154 valence electrons. The number of carbonyl (C=O) groups excluding carboxylic acids is 2. The summed E-state index contributed by atoms with van der Waals surface area (Å²) >= 11 is 0. The summed E-state index contributed by atoms with van der Waals surface area (Å²) in [5, 5.41) is 0. The van der Waals surface area contributed by atoms with Crippen LogP contribution >= 0.6 is 0 Å². The average molecular weight is 383 g/mol. The van der Waals surface area contributed by atoms with Crippen molar-refractivity contribution in [3.63, 3.8) is 0 Å². The number of amides is 2. The van der Waals surface area contributed by atoms with E-state index < -0.39 is 11.2 Å². The highest BCUT2D eigenvalue weighted by Crippen LogP contribution is 2.42. The molecule has 3 heterocycles. The molecule has 0 aromatic heterocycles. The standard InChI is InChI=1S/C10H17NO3.C10H17NO2/c1-9(2,3)14-8(12)11-5-7-10(4,6-11)13-7;1-8-5-6-11(7-8)9(12)13-10(2,3)4/h7H,5-6H2,1-4H3;5H,6-7H2,1-4H3. The first kappa shape index (κ1) is 21.5. The maximum atomic E-state index is 11.6. The second kappa shape index (κ2) is 7.34. The normalized spacial score (nSPS) is 26.7. The highest BCUT2D eigenvalue weighted by molar-refractivity contribution is 5.69. The van der Waals surface area contributed by atoms with Gasteiger partial charge in [-0.3, -0.25) is 0 Å². The van der Waals surface area contributed by atoms with Crippen LogP contribution in [0.3, 0.4) is 0 Å². The molecule has 7 heteroatoms. The summed E-state index contributed by atoms with van der Waals surface area (Å²) in [6, 6.07) is 0. The number of hydrogen-bond acceptors (Lipinski definition) is 5. The van der Waals surface area contributed by atoms with E-state index in [-0.39, 0.29) is 23.9 Å². The Bertz CT molecular complexity index is 617. The zero-order valence-corrected chi connectivity index (χ0v) is 17.9. The Labute approximate surface area is 162 Å². The quantitative estimate of drug-likeness (QED) is 0.473. The molecule has 3 aliphatic heterocycles. The third-order valence-electron chi connectivity index (χ3n) is 4.33. The van der Waals surface area contributed by atoms with Gasteiger partial charge in [0.25, 0.3) is 0 Å². The number of epoxide rings is 1. The molecule has 0 aliphatic carbocycles. The van der Waals surface area contributed by atoms with Crippen molar-refractivity contribution >= 4 is 12.2 Å². The van der Waals surface area contributed by atoms with Crippen molar-refractivity contribution in [1.82, 2.24) is 9.80 Å². The van der Waals surface area contributed by atoms with Crippen LogP contribution < -0.4 is 0 Å². The largest absolute Gasteiger partial charge is 0.444 e. The van der Waals surface area contributed by atoms with Gasteiger partial charge in [0.2, 0.25) is 0 Å². The van der Waals surface area contributed by atoms with Gasteiger partial charge >= 0.3 is 12.2 Å². The zero-order chi connectivity index (χ0) is 20.6. The molecule has 27 heavy (non-hydrogen) atoms. The fraction of sp³-hybridized carbons (Fsp3) is 0.800. The van der Waals surface area contributed by atoms with Crippen LogP contribution in [0.5, 0.6) is 0 Å². The van der Waals surface area contributed by atoms with Gasteiger partial charge in [0, 0.05) is 13.1 Å². The summed E-state index contributed by atoms with van der Waals surface area (Å²) in [4.78, 5) is 26.5. The van der Waals surface area contributed by atoms with Gasteiger partial charge in [-0.15, -0.1) is 0 Å². The zero-order valence-electron chi connectivity index (χ0n) is 17.9. The fourth-order valence-corrected chi connectivity index (χ4v) is 2.93. The maximum Gasteiger partial charge on any atom is 0.410 e. The first-order chi connectivity index (χ1) is 12.2. The first-order valence-electron chi connectivity index (χ1n) is 9.48. The van der Waals surface area contributed by atoms with Crippen LogP contribution in [0.2, 0.25) is 0 Å². The molecule has 0 bridgehead atoms. The van der Waals surface area contributed by atoms with Crippen LogP contribution in [-0.2, 0) is 14.2 Å². The molecule has 0 radical (unpaired) electrons. The number of fused-ring (bicyclic) bond motifs is 1. The number of carbonyl (C=O) groups is 2. The van der Waals surface area contributed by atoms with Crippen LogP contribution in [0.4, 0.5) is 9.59 Å². The lowest BCUT2D eigenvalue weighted by Gasteiger charge is -2.25. The Kier molecular flexibility index (Phi) is 5.85. The molecule has 2 atom stereocenters. The smallest absolute Gasteiger partial charge is 0.410 e. The third kappa shape index (κ3) is 6.41. The van der Waals surface area contributed by atoms with E-state index in [0.717, 1.165) is 0 Å². The van der Waals surface area contributed by atoms with Crippen LogP contribution in [0.15, 0.2) is 11.6 Å². The van der Waals surface area contributed by atoms with Crippen molar-refractivity contribution in [2.24, 2.45) is 0 Å². The van der Waals surface area contributed by atoms with Gasteiger partial charge in [-0.2, -0.15) is 0 Å². The van der Waals surface area contributed by atoms with E-state index in [1.807, 2.05) is 61.5 Å². The van der Waals surface area contributed by atoms with Crippen LogP contribution in [0.1, 0.15) is 55.4 Å². The fourth-order valence-electron chi connectivity index (χ4n) is 2.93. The average Bonchev–Trinajstić information content (AvgIpc) is 2.82. The second-order valence-corrected chi connectivity index (χ2v) is 9.69. The lowest BCUT2D eigenvalue weighted by atomic mass is 10.2. The van der Waals surface area contributed by atoms with Crippen LogP contribution in [0.25, 0.3) is 0 Å². The van der Waals surface area contributed by atoms with E-state index in [2.05, 4.69) is 0 Å². The molecule has 2 saturated heterocycles. The van der Waals surface area contributed by atoms with Gasteiger partial charge in [-0.25, -0.2) is 9.59 Å². The Morgan fingerprint density at radius 3 is 1.96 bits per heavy atom. The molecule has 2 fully saturated rings. The summed E-state index contributed by atoms with van der Waals surface area (Å²) in [6.07, 6.45) is 1.83. The van der Waals surface area contributed by atoms with Gasteiger partial charge < -0.3 is 24.0 Å². The molecule has 0 spiro atoms. The molecule has 0 aromatic rings. The van der Waals surface area contributed by atoms with Gasteiger partial charge in [0.15, 0.2) is 0 Å². The van der Waals surface area contributed by atoms with Crippen LogP contribution in [-0.4, -0.2) is 71.1 Å². The molecule has 0 saturated carbocycles. The van der Waals surface area contributed by atoms with Gasteiger partial charge in [0.1, 0.15) is 22.9 Å². The van der Waals surface area contributed by atoms with Crippen molar-refractivity contribution in [1.29, 1.82) is 0 Å². The Hall–Kier alpha value is -1.76. The number of nitrogens with zero attached hydrogens (tertiary/aromatic N) is 2. The minimum atomic E-state index is -0.411. The molecule has 7 nitrogen and oxygen atoms in total. The van der Waals surface area contributed by atoms with E-state index in [4.69, 9.17) is 14.2 Å². The minimum absolute atomic E-state index is 0.0864. The lowest BCUT2D eigenvalue weighted by Crippen LogP contribution is -2.38. The number of likely N-dealkylation sites (tertiary alicyclic amines) is 1. The summed E-state index contributed by atoms with van der Waals surface area (Å²) in [5.74, 6) is 0. The second-order valence-electron chi connectivity index (χ2n) is 9.69. The number of ether oxygens (including phenoxy) is 3. The first-order valence-corrected chi connectivity index (χ1v) is 9.48. The van der Waals surface area contributed by atoms with Crippen molar-refractivity contribution < 1.29 is 23.8 Å². The predicted octanol–water partition coefficient (Wildman–Crippen LogP) is 3.58. The van der Waals surface area contributed by atoms with E-state index in [0.29, 0.717) is 26.2 Å². The summed E-state index contributed by atoms with van der Waals surface area (Å²) in [7, 11) is 0. The molecule has 0 N–H and O–H groups in total. The van der Waals surface area contributed by atoms with E-state index >= 15 is 0 Å². The number of rotatable bonds is 0. The monoisotopic (exact) mass is 382 g/mol. The lowest BCUT2D eigenvalue weighted by molar-refractivity contribution is 0.0202. The Morgan fingerprint density at radius 1 is 1.07 bits per heavy atom. The maximum absolute atomic E-state index is 11.6. The van der Waals surface area contributed by atoms with E-state index in [9.17, 15) is 9.59 Å². The van der Waals surface area contributed by atoms with Gasteiger partial charge in [0.05, 0.1) is 13.1 Å². The molecular formula is C20H34N2O5. The molecule has 2 amide bonds. The minimum Gasteiger partial charge on any atom is -0.444 e. The summed E-state index contributed by atoms with van der Waals surface area (Å²) in [6.45, 7) is 18.0. The molecule has 3 rings (SSSR count). The van der Waals surface area contributed by atoms with Crippen molar-refractivity contribution in [2.75, 3.05) is 26.2 Å². The summed E-state index contributed by atoms with van der Waals surface area (Å²) in [5.41, 5.74) is 0.335. The number of morpholine rings is 1. The molecule has 2 unspecified atom stereocenters. The Morgan fingerprint density at radius 2 is 1.59 bits per heavy atom. The molecule has 0 aromatic carbocycles. The van der Waals surface area contributed by atoms with Gasteiger partial charge in [-0.1, -0.05) is 11.6 Å². The van der Waals surface area contributed by atoms with E-state index in [1.54, 1.807) is 9.80 Å². The third-order valence-corrected chi connectivity index (χ3v) is 4.33. The predicted molar refractivity (Wildman–Crippen MR) is 103 cm³/mol. The topological polar surface area (TPSA) is 71.6 Å².